The summed E-state index contributed by atoms with van der Waals surface area (Å²) in [5.74, 6) is 2.22. The fourth-order valence-electron chi connectivity index (χ4n) is 4.96. The molecule has 1 atom stereocenters. The molecule has 6 heteroatoms. The summed E-state index contributed by atoms with van der Waals surface area (Å²) < 4.78 is 10.9. The van der Waals surface area contributed by atoms with Gasteiger partial charge in [-0.15, -0.1) is 12.4 Å². The van der Waals surface area contributed by atoms with Crippen molar-refractivity contribution in [2.24, 2.45) is 5.92 Å². The topological polar surface area (TPSA) is 42.0 Å². The summed E-state index contributed by atoms with van der Waals surface area (Å²) in [7, 11) is 3.30. The van der Waals surface area contributed by atoms with Crippen molar-refractivity contribution in [1.29, 1.82) is 0 Å². The van der Waals surface area contributed by atoms with Gasteiger partial charge in [-0.3, -0.25) is 4.79 Å². The lowest BCUT2D eigenvalue weighted by atomic mass is 9.96. The number of hydrogen-bond acceptors (Lipinski definition) is 4. The Balaban J connectivity index is 0.00000289. The van der Waals surface area contributed by atoms with E-state index in [1.165, 1.54) is 30.5 Å². The van der Waals surface area contributed by atoms with E-state index in [-0.39, 0.29) is 18.3 Å². The molecule has 1 fully saturated rings. The van der Waals surface area contributed by atoms with Gasteiger partial charge in [-0.2, -0.15) is 0 Å². The van der Waals surface area contributed by atoms with Crippen LogP contribution in [0, 0.1) is 5.92 Å². The van der Waals surface area contributed by atoms with Crippen LogP contribution in [0.5, 0.6) is 11.5 Å². The zero-order valence-corrected chi connectivity index (χ0v) is 20.0. The van der Waals surface area contributed by atoms with Gasteiger partial charge in [0, 0.05) is 26.2 Å². The Morgan fingerprint density at radius 1 is 1.00 bits per heavy atom. The van der Waals surface area contributed by atoms with Crippen molar-refractivity contribution in [3.63, 3.8) is 0 Å². The summed E-state index contributed by atoms with van der Waals surface area (Å²) in [5, 5.41) is 0. The minimum atomic E-state index is 0. The molecule has 2 heterocycles. The average molecular weight is 459 g/mol. The molecule has 1 saturated heterocycles. The molecule has 2 aliphatic heterocycles. The van der Waals surface area contributed by atoms with Gasteiger partial charge in [-0.25, -0.2) is 0 Å². The highest BCUT2D eigenvalue weighted by molar-refractivity contribution is 5.85. The summed E-state index contributed by atoms with van der Waals surface area (Å²) in [6.45, 7) is 5.00. The quantitative estimate of drug-likeness (QED) is 0.628. The number of rotatable bonds is 7. The molecule has 0 radical (unpaired) electrons. The third-order valence-electron chi connectivity index (χ3n) is 6.69. The highest BCUT2D eigenvalue weighted by atomic mass is 35.5. The van der Waals surface area contributed by atoms with Gasteiger partial charge in [0.05, 0.1) is 20.6 Å². The number of fused-ring (bicyclic) bond motifs is 1. The van der Waals surface area contributed by atoms with Crippen molar-refractivity contribution < 1.29 is 14.3 Å². The number of ether oxygens (including phenoxy) is 2. The van der Waals surface area contributed by atoms with Gasteiger partial charge >= 0.3 is 0 Å². The lowest BCUT2D eigenvalue weighted by Crippen LogP contribution is -2.44. The zero-order chi connectivity index (χ0) is 21.6. The number of carbonyl (C=O) groups excluding carboxylic acids is 1. The Labute approximate surface area is 198 Å². The molecule has 5 nitrogen and oxygen atoms in total. The normalized spacial score (nSPS) is 19.0. The maximum absolute atomic E-state index is 13.0. The Morgan fingerprint density at radius 2 is 1.72 bits per heavy atom. The summed E-state index contributed by atoms with van der Waals surface area (Å²) in [5.41, 5.74) is 3.66. The highest BCUT2D eigenvalue weighted by Crippen LogP contribution is 2.32. The van der Waals surface area contributed by atoms with E-state index < -0.39 is 0 Å². The first-order valence-corrected chi connectivity index (χ1v) is 11.4. The number of hydrogen-bond donors (Lipinski definition) is 0. The Bertz CT molecular complexity index is 890. The summed E-state index contributed by atoms with van der Waals surface area (Å²) >= 11 is 0. The van der Waals surface area contributed by atoms with E-state index in [1.54, 1.807) is 14.2 Å². The first-order chi connectivity index (χ1) is 15.2. The molecule has 4 rings (SSSR count). The van der Waals surface area contributed by atoms with Crippen LogP contribution in [0.3, 0.4) is 0 Å². The largest absolute Gasteiger partial charge is 0.493 e. The van der Waals surface area contributed by atoms with E-state index in [0.717, 1.165) is 50.3 Å². The summed E-state index contributed by atoms with van der Waals surface area (Å²) in [6, 6.07) is 14.7. The number of carbonyl (C=O) groups is 1. The molecule has 2 aromatic carbocycles. The van der Waals surface area contributed by atoms with Crippen molar-refractivity contribution in [3.05, 3.63) is 59.2 Å². The van der Waals surface area contributed by atoms with E-state index in [9.17, 15) is 4.79 Å². The number of nitrogens with zero attached hydrogens (tertiary/aromatic N) is 2. The van der Waals surface area contributed by atoms with Crippen molar-refractivity contribution in [2.75, 3.05) is 46.9 Å². The van der Waals surface area contributed by atoms with Gasteiger partial charge in [0.15, 0.2) is 11.5 Å². The molecular formula is C26H35ClN2O3. The number of benzene rings is 2. The Kier molecular flexibility index (Phi) is 8.83. The molecule has 2 aliphatic rings. The molecule has 0 N–H and O–H groups in total. The molecule has 32 heavy (non-hydrogen) atoms. The Morgan fingerprint density at radius 3 is 2.44 bits per heavy atom. The van der Waals surface area contributed by atoms with E-state index in [1.807, 2.05) is 12.1 Å². The van der Waals surface area contributed by atoms with Crippen LogP contribution in [-0.2, 0) is 24.1 Å². The number of piperidine rings is 1. The van der Waals surface area contributed by atoms with Crippen molar-refractivity contribution >= 4 is 18.3 Å². The highest BCUT2D eigenvalue weighted by Gasteiger charge is 2.27. The molecule has 1 unspecified atom stereocenters. The molecule has 1 amide bonds. The lowest BCUT2D eigenvalue weighted by molar-refractivity contribution is -0.131. The van der Waals surface area contributed by atoms with Gasteiger partial charge in [0.1, 0.15) is 0 Å². The van der Waals surface area contributed by atoms with Crippen LogP contribution < -0.4 is 9.47 Å². The van der Waals surface area contributed by atoms with Gasteiger partial charge in [-0.05, 0) is 67.0 Å². The van der Waals surface area contributed by atoms with Gasteiger partial charge in [-0.1, -0.05) is 30.3 Å². The third kappa shape index (κ3) is 5.96. The first-order valence-electron chi connectivity index (χ1n) is 11.4. The summed E-state index contributed by atoms with van der Waals surface area (Å²) in [6.07, 6.45) is 4.83. The average Bonchev–Trinajstić information content (AvgIpc) is 2.95. The monoisotopic (exact) mass is 458 g/mol. The fraction of sp³-hybridized carbons (Fsp3) is 0.500. The first kappa shape index (κ1) is 24.4. The van der Waals surface area contributed by atoms with Crippen LogP contribution in [0.1, 0.15) is 29.5 Å². The molecular weight excluding hydrogens is 424 g/mol. The van der Waals surface area contributed by atoms with Crippen molar-refractivity contribution in [3.8, 4) is 11.5 Å². The molecule has 0 bridgehead atoms. The van der Waals surface area contributed by atoms with E-state index >= 15 is 0 Å². The van der Waals surface area contributed by atoms with Crippen LogP contribution in [-0.4, -0.2) is 62.7 Å². The molecule has 2 aromatic rings. The molecule has 0 saturated carbocycles. The fourth-order valence-corrected chi connectivity index (χ4v) is 4.96. The van der Waals surface area contributed by atoms with E-state index in [2.05, 4.69) is 40.1 Å². The lowest BCUT2D eigenvalue weighted by Gasteiger charge is -2.35. The minimum Gasteiger partial charge on any atom is -0.493 e. The number of amides is 1. The van der Waals surface area contributed by atoms with Gasteiger partial charge in [0.25, 0.3) is 0 Å². The number of methoxy groups -OCH3 is 2. The Hall–Kier alpha value is -2.24. The van der Waals surface area contributed by atoms with Crippen LogP contribution >= 0.6 is 12.4 Å². The standard InChI is InChI=1S/C26H34N2O3.ClH/c1-30-24-15-22-11-14-28(26(29)17-23(22)16-25(24)31-2)19-21-9-6-12-27(18-21)13-10-20-7-4-3-5-8-20;/h3-5,7-8,15-16,21H,6,9-14,17-19H2,1-2H3;1H. The van der Waals surface area contributed by atoms with Crippen LogP contribution in [0.4, 0.5) is 0 Å². The number of halogens is 1. The van der Waals surface area contributed by atoms with E-state index in [4.69, 9.17) is 9.47 Å². The van der Waals surface area contributed by atoms with Crippen LogP contribution in [0.25, 0.3) is 0 Å². The second kappa shape index (κ2) is 11.6. The van der Waals surface area contributed by atoms with Gasteiger partial charge in [0.2, 0.25) is 5.91 Å². The maximum Gasteiger partial charge on any atom is 0.227 e. The third-order valence-corrected chi connectivity index (χ3v) is 6.69. The molecule has 0 aromatic heterocycles. The van der Waals surface area contributed by atoms with E-state index in [0.29, 0.717) is 18.1 Å². The molecule has 174 valence electrons. The predicted octanol–water partition coefficient (Wildman–Crippen LogP) is 4.01. The molecule has 0 spiro atoms. The molecule has 0 aliphatic carbocycles. The number of likely N-dealkylation sites (tertiary alicyclic amines) is 1. The second-order valence-corrected chi connectivity index (χ2v) is 8.79. The predicted molar refractivity (Wildman–Crippen MR) is 130 cm³/mol. The second-order valence-electron chi connectivity index (χ2n) is 8.79. The van der Waals surface area contributed by atoms with Gasteiger partial charge < -0.3 is 19.3 Å². The van der Waals surface area contributed by atoms with Crippen LogP contribution in [0.15, 0.2) is 42.5 Å². The van der Waals surface area contributed by atoms with Crippen LogP contribution in [0.2, 0.25) is 0 Å². The minimum absolute atomic E-state index is 0. The summed E-state index contributed by atoms with van der Waals surface area (Å²) in [4.78, 5) is 17.7. The maximum atomic E-state index is 13.0. The smallest absolute Gasteiger partial charge is 0.227 e. The zero-order valence-electron chi connectivity index (χ0n) is 19.2. The SMILES string of the molecule is COc1cc2c(cc1OC)CC(=O)N(CC1CCCN(CCc3ccccc3)C1)CC2.Cl. The van der Waals surface area contributed by atoms with Crippen molar-refractivity contribution in [1.82, 2.24) is 9.80 Å². The van der Waals surface area contributed by atoms with Crippen molar-refractivity contribution in [2.45, 2.75) is 32.1 Å².